The Hall–Kier alpha value is -3.92. The summed E-state index contributed by atoms with van der Waals surface area (Å²) in [4.78, 5) is 28.3. The lowest BCUT2D eigenvalue weighted by molar-refractivity contribution is -0.139. The number of carbonyl (C=O) groups is 2. The lowest BCUT2D eigenvalue weighted by atomic mass is 10.1. The molecule has 0 saturated carbocycles. The van der Waals surface area contributed by atoms with E-state index in [1.165, 1.54) is 48.4 Å². The van der Waals surface area contributed by atoms with E-state index in [4.69, 9.17) is 4.74 Å². The third-order valence-electron chi connectivity index (χ3n) is 6.40. The van der Waals surface area contributed by atoms with Crippen molar-refractivity contribution in [1.29, 1.82) is 0 Å². The number of hydrogen-bond donors (Lipinski definition) is 1. The van der Waals surface area contributed by atoms with Crippen LogP contribution in [0.1, 0.15) is 32.8 Å². The van der Waals surface area contributed by atoms with Crippen LogP contribution in [0.4, 0.5) is 10.1 Å². The zero-order valence-corrected chi connectivity index (χ0v) is 23.3. The predicted molar refractivity (Wildman–Crippen MR) is 148 cm³/mol. The average Bonchev–Trinajstić information content (AvgIpc) is 2.95. The number of ether oxygens (including phenoxy) is 1. The van der Waals surface area contributed by atoms with E-state index in [2.05, 4.69) is 5.32 Å². The van der Waals surface area contributed by atoms with Crippen molar-refractivity contribution in [3.05, 3.63) is 90.2 Å². The van der Waals surface area contributed by atoms with Crippen LogP contribution < -0.4 is 14.4 Å². The van der Waals surface area contributed by atoms with Crippen molar-refractivity contribution in [1.82, 2.24) is 10.2 Å². The van der Waals surface area contributed by atoms with Crippen LogP contribution in [-0.2, 0) is 26.2 Å². The Morgan fingerprint density at radius 1 is 0.949 bits per heavy atom. The molecule has 8 nitrogen and oxygen atoms in total. The first kappa shape index (κ1) is 29.6. The number of hydrogen-bond acceptors (Lipinski definition) is 5. The number of sulfonamides is 1. The Kier molecular flexibility index (Phi) is 10.1. The molecule has 0 fully saturated rings. The summed E-state index contributed by atoms with van der Waals surface area (Å²) in [6, 6.07) is 18.8. The van der Waals surface area contributed by atoms with Gasteiger partial charge in [0.25, 0.3) is 10.0 Å². The largest absolute Gasteiger partial charge is 0.495 e. The predicted octanol–water partition coefficient (Wildman–Crippen LogP) is 4.36. The molecule has 2 unspecified atom stereocenters. The van der Waals surface area contributed by atoms with E-state index < -0.39 is 34.3 Å². The van der Waals surface area contributed by atoms with Gasteiger partial charge in [0, 0.05) is 12.6 Å². The summed E-state index contributed by atoms with van der Waals surface area (Å²) >= 11 is 0. The quantitative estimate of drug-likeness (QED) is 0.358. The maximum atomic E-state index is 13.9. The highest BCUT2D eigenvalue weighted by Crippen LogP contribution is 2.32. The molecule has 0 aliphatic carbocycles. The zero-order valence-electron chi connectivity index (χ0n) is 22.5. The van der Waals surface area contributed by atoms with Gasteiger partial charge in [-0.15, -0.1) is 0 Å². The molecule has 3 rings (SSSR count). The summed E-state index contributed by atoms with van der Waals surface area (Å²) in [6.07, 6.45) is 0.696. The molecule has 0 bridgehead atoms. The van der Waals surface area contributed by atoms with Crippen molar-refractivity contribution in [2.75, 3.05) is 18.0 Å². The third kappa shape index (κ3) is 7.35. The number of benzene rings is 3. The Balaban J connectivity index is 2.04. The summed E-state index contributed by atoms with van der Waals surface area (Å²) in [5, 5.41) is 2.87. The molecule has 39 heavy (non-hydrogen) atoms. The van der Waals surface area contributed by atoms with Gasteiger partial charge in [0.2, 0.25) is 11.8 Å². The molecular formula is C29H34FN3O5S. The number of methoxy groups -OCH3 is 1. The number of amides is 2. The van der Waals surface area contributed by atoms with E-state index in [1.54, 1.807) is 49.4 Å². The lowest BCUT2D eigenvalue weighted by Crippen LogP contribution is -2.52. The number of halogens is 1. The second kappa shape index (κ2) is 13.2. The number of carbonyl (C=O) groups excluding carboxylic acids is 2. The van der Waals surface area contributed by atoms with Crippen LogP contribution in [0.2, 0.25) is 0 Å². The molecule has 0 aliphatic heterocycles. The molecule has 0 spiro atoms. The average molecular weight is 556 g/mol. The van der Waals surface area contributed by atoms with Gasteiger partial charge in [-0.3, -0.25) is 13.9 Å². The van der Waals surface area contributed by atoms with Crippen molar-refractivity contribution in [2.45, 2.75) is 50.7 Å². The number of nitrogens with one attached hydrogen (secondary N) is 1. The van der Waals surface area contributed by atoms with Gasteiger partial charge >= 0.3 is 0 Å². The van der Waals surface area contributed by atoms with Crippen LogP contribution in [0, 0.1) is 5.82 Å². The number of rotatable bonds is 12. The van der Waals surface area contributed by atoms with Crippen molar-refractivity contribution < 1.29 is 27.1 Å². The van der Waals surface area contributed by atoms with E-state index in [9.17, 15) is 22.4 Å². The van der Waals surface area contributed by atoms with Gasteiger partial charge in [-0.2, -0.15) is 0 Å². The number of para-hydroxylation sites is 2. The van der Waals surface area contributed by atoms with Crippen molar-refractivity contribution in [2.24, 2.45) is 0 Å². The van der Waals surface area contributed by atoms with Crippen LogP contribution in [0.3, 0.4) is 0 Å². The summed E-state index contributed by atoms with van der Waals surface area (Å²) < 4.78 is 47.6. The first-order chi connectivity index (χ1) is 18.6. The highest BCUT2D eigenvalue weighted by Gasteiger charge is 2.33. The molecule has 0 radical (unpaired) electrons. The van der Waals surface area contributed by atoms with Gasteiger partial charge in [-0.1, -0.05) is 49.4 Å². The highest BCUT2D eigenvalue weighted by molar-refractivity contribution is 7.92. The van der Waals surface area contributed by atoms with E-state index in [0.29, 0.717) is 12.0 Å². The molecule has 0 aromatic heterocycles. The first-order valence-electron chi connectivity index (χ1n) is 12.6. The van der Waals surface area contributed by atoms with E-state index in [-0.39, 0.29) is 34.8 Å². The zero-order chi connectivity index (χ0) is 28.6. The van der Waals surface area contributed by atoms with Crippen LogP contribution in [0.5, 0.6) is 5.75 Å². The molecule has 208 valence electrons. The minimum absolute atomic E-state index is 0.00338. The molecule has 0 aliphatic rings. The third-order valence-corrected chi connectivity index (χ3v) is 8.17. The summed E-state index contributed by atoms with van der Waals surface area (Å²) in [6.45, 7) is 4.74. The topological polar surface area (TPSA) is 96.0 Å². The minimum atomic E-state index is -4.21. The van der Waals surface area contributed by atoms with Crippen LogP contribution in [-0.4, -0.2) is 50.9 Å². The van der Waals surface area contributed by atoms with Crippen molar-refractivity contribution in [3.63, 3.8) is 0 Å². The maximum absolute atomic E-state index is 13.9. The Morgan fingerprint density at radius 3 is 2.18 bits per heavy atom. The number of anilines is 1. The Bertz CT molecular complexity index is 1370. The fraction of sp³-hybridized carbons (Fsp3) is 0.310. The van der Waals surface area contributed by atoms with E-state index in [1.807, 2.05) is 13.8 Å². The van der Waals surface area contributed by atoms with Gasteiger partial charge in [-0.25, -0.2) is 12.8 Å². The standard InChI is InChI=1S/C29H34FN3O5S/c1-5-21(2)31-29(35)22(3)32(19-23-15-17-24(30)18-16-23)28(34)20-33(26-13-9-10-14-27(26)38-4)39(36,37)25-11-7-6-8-12-25/h6-18,21-22H,5,19-20H2,1-4H3,(H,31,35). The molecule has 1 N–H and O–H groups in total. The second-order valence-electron chi connectivity index (χ2n) is 9.14. The van der Waals surface area contributed by atoms with Crippen molar-refractivity contribution >= 4 is 27.5 Å². The molecule has 0 saturated heterocycles. The minimum Gasteiger partial charge on any atom is -0.495 e. The van der Waals surface area contributed by atoms with Crippen LogP contribution in [0.25, 0.3) is 0 Å². The SMILES string of the molecule is CCC(C)NC(=O)C(C)N(Cc1ccc(F)cc1)C(=O)CN(c1ccccc1OC)S(=O)(=O)c1ccccc1. The summed E-state index contributed by atoms with van der Waals surface area (Å²) in [7, 11) is -2.79. The highest BCUT2D eigenvalue weighted by atomic mass is 32.2. The molecule has 3 aromatic rings. The fourth-order valence-corrected chi connectivity index (χ4v) is 5.35. The Labute approximate surface area is 229 Å². The smallest absolute Gasteiger partial charge is 0.264 e. The fourth-order valence-electron chi connectivity index (χ4n) is 3.90. The molecule has 10 heteroatoms. The van der Waals surface area contributed by atoms with E-state index in [0.717, 1.165) is 4.31 Å². The Morgan fingerprint density at radius 2 is 1.56 bits per heavy atom. The van der Waals surface area contributed by atoms with E-state index >= 15 is 0 Å². The van der Waals surface area contributed by atoms with Crippen LogP contribution >= 0.6 is 0 Å². The van der Waals surface area contributed by atoms with Crippen LogP contribution in [0.15, 0.2) is 83.8 Å². The summed E-state index contributed by atoms with van der Waals surface area (Å²) in [5.74, 6) is -1.17. The van der Waals surface area contributed by atoms with Gasteiger partial charge < -0.3 is 15.0 Å². The van der Waals surface area contributed by atoms with Gasteiger partial charge in [0.15, 0.2) is 0 Å². The molecule has 2 atom stereocenters. The molecular weight excluding hydrogens is 521 g/mol. The molecule has 0 heterocycles. The molecule has 2 amide bonds. The van der Waals surface area contributed by atoms with Gasteiger partial charge in [0.05, 0.1) is 17.7 Å². The number of nitrogens with zero attached hydrogens (tertiary/aromatic N) is 2. The molecule has 3 aromatic carbocycles. The lowest BCUT2D eigenvalue weighted by Gasteiger charge is -2.32. The van der Waals surface area contributed by atoms with Crippen molar-refractivity contribution in [3.8, 4) is 5.75 Å². The van der Waals surface area contributed by atoms with Gasteiger partial charge in [0.1, 0.15) is 24.2 Å². The first-order valence-corrected chi connectivity index (χ1v) is 14.1. The summed E-state index contributed by atoms with van der Waals surface area (Å²) in [5.41, 5.74) is 0.762. The normalized spacial score (nSPS) is 12.7. The van der Waals surface area contributed by atoms with Gasteiger partial charge in [-0.05, 0) is 62.2 Å². The monoisotopic (exact) mass is 555 g/mol. The second-order valence-corrected chi connectivity index (χ2v) is 11.0. The maximum Gasteiger partial charge on any atom is 0.264 e.